The number of amides is 3. The molecule has 0 spiro atoms. The maximum absolute atomic E-state index is 12.4. The van der Waals surface area contributed by atoms with E-state index < -0.39 is 0 Å². The molecule has 1 aliphatic rings. The van der Waals surface area contributed by atoms with Gasteiger partial charge in [-0.25, -0.2) is 0 Å². The molecule has 3 N–H and O–H groups in total. The van der Waals surface area contributed by atoms with Gasteiger partial charge in [0.1, 0.15) is 6.54 Å². The number of rotatable bonds is 7. The van der Waals surface area contributed by atoms with Crippen molar-refractivity contribution in [1.29, 1.82) is 0 Å². The van der Waals surface area contributed by atoms with E-state index in [-0.39, 0.29) is 43.1 Å². The molecule has 2 rings (SSSR count). The number of nitrogens with one attached hydrogen (secondary N) is 3. The molecular formula is C17H24N4O3. The first-order chi connectivity index (χ1) is 11.5. The van der Waals surface area contributed by atoms with E-state index in [0.29, 0.717) is 17.9 Å². The minimum atomic E-state index is -0.231. The molecule has 0 aromatic heterocycles. The second-order valence-electron chi connectivity index (χ2n) is 5.81. The largest absolute Gasteiger partial charge is 0.355 e. The molecule has 0 aliphatic carbocycles. The van der Waals surface area contributed by atoms with Gasteiger partial charge in [0.25, 0.3) is 0 Å². The molecule has 0 fully saturated rings. The fourth-order valence-electron chi connectivity index (χ4n) is 2.59. The molecule has 1 aromatic carbocycles. The number of likely N-dealkylation sites (N-methyl/N-ethyl adjacent to an activating group) is 1. The lowest BCUT2D eigenvalue weighted by Crippen LogP contribution is -2.43. The Balaban J connectivity index is 1.87. The molecular weight excluding hydrogens is 308 g/mol. The summed E-state index contributed by atoms with van der Waals surface area (Å²) in [6.45, 7) is 5.33. The summed E-state index contributed by atoms with van der Waals surface area (Å²) in [5.41, 5.74) is 1.29. The first-order valence-corrected chi connectivity index (χ1v) is 8.20. The van der Waals surface area contributed by atoms with Crippen molar-refractivity contribution >= 4 is 29.1 Å². The Kier molecular flexibility index (Phi) is 6.31. The molecule has 1 aromatic rings. The van der Waals surface area contributed by atoms with Crippen molar-refractivity contribution in [3.05, 3.63) is 24.3 Å². The van der Waals surface area contributed by atoms with Crippen molar-refractivity contribution in [2.45, 2.75) is 32.7 Å². The zero-order chi connectivity index (χ0) is 17.5. The van der Waals surface area contributed by atoms with Crippen molar-refractivity contribution < 1.29 is 14.4 Å². The molecule has 0 radical (unpaired) electrons. The predicted octanol–water partition coefficient (Wildman–Crippen LogP) is 0.866. The van der Waals surface area contributed by atoms with Gasteiger partial charge in [-0.1, -0.05) is 19.1 Å². The van der Waals surface area contributed by atoms with Crippen molar-refractivity contribution in [3.8, 4) is 0 Å². The smallest absolute Gasteiger partial charge is 0.244 e. The average molecular weight is 332 g/mol. The second-order valence-corrected chi connectivity index (χ2v) is 5.81. The van der Waals surface area contributed by atoms with E-state index in [1.807, 2.05) is 19.9 Å². The summed E-state index contributed by atoms with van der Waals surface area (Å²) < 4.78 is 0. The molecule has 0 saturated carbocycles. The molecule has 3 amide bonds. The van der Waals surface area contributed by atoms with Crippen LogP contribution in [0.3, 0.4) is 0 Å². The Hall–Kier alpha value is -2.41. The van der Waals surface area contributed by atoms with Crippen molar-refractivity contribution in [3.63, 3.8) is 0 Å². The van der Waals surface area contributed by atoms with Gasteiger partial charge in [-0.3, -0.25) is 14.4 Å². The minimum absolute atomic E-state index is 0.0189. The number of anilines is 2. The van der Waals surface area contributed by atoms with Crippen LogP contribution in [0.25, 0.3) is 0 Å². The van der Waals surface area contributed by atoms with Gasteiger partial charge in [0.2, 0.25) is 17.7 Å². The van der Waals surface area contributed by atoms with Gasteiger partial charge in [0, 0.05) is 25.4 Å². The second kappa shape index (κ2) is 8.44. The zero-order valence-electron chi connectivity index (χ0n) is 14.1. The lowest BCUT2D eigenvalue weighted by Gasteiger charge is -2.29. The van der Waals surface area contributed by atoms with Gasteiger partial charge in [-0.15, -0.1) is 0 Å². The van der Waals surface area contributed by atoms with Gasteiger partial charge in [-0.05, 0) is 25.6 Å². The maximum atomic E-state index is 12.4. The number of hydrogen-bond donors (Lipinski definition) is 3. The Bertz CT molecular complexity index is 618. The van der Waals surface area contributed by atoms with E-state index in [0.717, 1.165) is 6.54 Å². The van der Waals surface area contributed by atoms with Crippen LogP contribution in [0, 0.1) is 0 Å². The molecule has 1 heterocycles. The highest BCUT2D eigenvalue weighted by Gasteiger charge is 2.26. The van der Waals surface area contributed by atoms with Crippen LogP contribution in [0.2, 0.25) is 0 Å². The van der Waals surface area contributed by atoms with E-state index >= 15 is 0 Å². The molecule has 130 valence electrons. The van der Waals surface area contributed by atoms with Gasteiger partial charge < -0.3 is 20.9 Å². The quantitative estimate of drug-likeness (QED) is 0.691. The zero-order valence-corrected chi connectivity index (χ0v) is 14.1. The van der Waals surface area contributed by atoms with Crippen LogP contribution in [-0.4, -0.2) is 43.4 Å². The molecule has 24 heavy (non-hydrogen) atoms. The first-order valence-electron chi connectivity index (χ1n) is 8.20. The Morgan fingerprint density at radius 2 is 2.04 bits per heavy atom. The summed E-state index contributed by atoms with van der Waals surface area (Å²) in [6, 6.07) is 7.33. The van der Waals surface area contributed by atoms with Crippen molar-refractivity contribution in [1.82, 2.24) is 10.6 Å². The number of benzene rings is 1. The van der Waals surface area contributed by atoms with E-state index in [2.05, 4.69) is 16.0 Å². The number of para-hydroxylation sites is 2. The summed E-state index contributed by atoms with van der Waals surface area (Å²) in [5, 5.41) is 8.74. The Labute approximate surface area is 141 Å². The highest BCUT2D eigenvalue weighted by Crippen LogP contribution is 2.29. The van der Waals surface area contributed by atoms with Crippen LogP contribution in [0.1, 0.15) is 26.7 Å². The summed E-state index contributed by atoms with van der Waals surface area (Å²) in [6.07, 6.45) is 0.182. The minimum Gasteiger partial charge on any atom is -0.355 e. The first kappa shape index (κ1) is 17.9. The summed E-state index contributed by atoms with van der Waals surface area (Å²) in [5.74, 6) is -0.624. The van der Waals surface area contributed by atoms with E-state index in [9.17, 15) is 14.4 Å². The highest BCUT2D eigenvalue weighted by atomic mass is 16.2. The fourth-order valence-corrected chi connectivity index (χ4v) is 2.59. The van der Waals surface area contributed by atoms with Gasteiger partial charge >= 0.3 is 0 Å². The number of fused-ring (bicyclic) bond motifs is 1. The lowest BCUT2D eigenvalue weighted by molar-refractivity contribution is -0.125. The molecule has 0 bridgehead atoms. The molecule has 7 nitrogen and oxygen atoms in total. The average Bonchev–Trinajstić information content (AvgIpc) is 2.57. The molecule has 0 saturated heterocycles. The van der Waals surface area contributed by atoms with Crippen molar-refractivity contribution in [2.24, 2.45) is 0 Å². The third-order valence-corrected chi connectivity index (χ3v) is 3.80. The van der Waals surface area contributed by atoms with Gasteiger partial charge in [0.05, 0.1) is 11.4 Å². The predicted molar refractivity (Wildman–Crippen MR) is 92.8 cm³/mol. The SMILES string of the molecule is CCN[C@H](C)CNC(=O)CCC(=O)N1CC(=O)Nc2ccccc21. The third kappa shape index (κ3) is 4.79. The van der Waals surface area contributed by atoms with E-state index in [4.69, 9.17) is 0 Å². The Morgan fingerprint density at radius 3 is 2.79 bits per heavy atom. The molecule has 7 heteroatoms. The third-order valence-electron chi connectivity index (χ3n) is 3.80. The van der Waals surface area contributed by atoms with Crippen LogP contribution in [0.4, 0.5) is 11.4 Å². The monoisotopic (exact) mass is 332 g/mol. The maximum Gasteiger partial charge on any atom is 0.244 e. The fraction of sp³-hybridized carbons (Fsp3) is 0.471. The normalized spacial score (nSPS) is 14.6. The topological polar surface area (TPSA) is 90.5 Å². The standard InChI is InChI=1S/C17H24N4O3/c1-3-18-12(2)10-19-15(22)8-9-17(24)21-11-16(23)20-13-6-4-5-7-14(13)21/h4-7,12,18H,3,8-11H2,1-2H3,(H,19,22)(H,20,23)/t12-/m1/s1. The molecule has 1 aliphatic heterocycles. The Morgan fingerprint density at radius 1 is 1.29 bits per heavy atom. The number of carbonyl (C=O) groups is 3. The molecule has 1 atom stereocenters. The number of hydrogen-bond acceptors (Lipinski definition) is 4. The van der Waals surface area contributed by atoms with Crippen LogP contribution in [0.15, 0.2) is 24.3 Å². The van der Waals surface area contributed by atoms with Crippen molar-refractivity contribution in [2.75, 3.05) is 29.9 Å². The van der Waals surface area contributed by atoms with Crippen LogP contribution in [0.5, 0.6) is 0 Å². The lowest BCUT2D eigenvalue weighted by atomic mass is 10.1. The van der Waals surface area contributed by atoms with Gasteiger partial charge in [-0.2, -0.15) is 0 Å². The summed E-state index contributed by atoms with van der Waals surface area (Å²) in [4.78, 5) is 37.4. The van der Waals surface area contributed by atoms with Crippen LogP contribution in [-0.2, 0) is 14.4 Å². The highest BCUT2D eigenvalue weighted by molar-refractivity contribution is 6.10. The van der Waals surface area contributed by atoms with Gasteiger partial charge in [0.15, 0.2) is 0 Å². The van der Waals surface area contributed by atoms with Crippen LogP contribution < -0.4 is 20.9 Å². The number of carbonyl (C=O) groups excluding carboxylic acids is 3. The van der Waals surface area contributed by atoms with E-state index in [1.54, 1.807) is 18.2 Å². The summed E-state index contributed by atoms with van der Waals surface area (Å²) in [7, 11) is 0. The summed E-state index contributed by atoms with van der Waals surface area (Å²) >= 11 is 0. The number of nitrogens with zero attached hydrogens (tertiary/aromatic N) is 1. The van der Waals surface area contributed by atoms with E-state index in [1.165, 1.54) is 4.90 Å². The van der Waals surface area contributed by atoms with Crippen LogP contribution >= 0.6 is 0 Å². The molecule has 0 unspecified atom stereocenters.